The molecule has 33 heavy (non-hydrogen) atoms. The number of imide groups is 1. The highest BCUT2D eigenvalue weighted by molar-refractivity contribution is 8.00. The van der Waals surface area contributed by atoms with Crippen molar-refractivity contribution in [3.8, 4) is 0 Å². The van der Waals surface area contributed by atoms with Crippen LogP contribution in [0.3, 0.4) is 0 Å². The van der Waals surface area contributed by atoms with E-state index >= 15 is 0 Å². The minimum atomic E-state index is -0.424. The molecule has 2 aliphatic heterocycles. The van der Waals surface area contributed by atoms with Crippen LogP contribution in [0.4, 0.5) is 5.69 Å². The van der Waals surface area contributed by atoms with Crippen LogP contribution in [0.5, 0.6) is 0 Å². The van der Waals surface area contributed by atoms with Crippen LogP contribution in [0, 0.1) is 29.6 Å². The van der Waals surface area contributed by atoms with Crippen molar-refractivity contribution in [2.75, 3.05) is 11.5 Å². The number of rotatable bonds is 3. The topological polar surface area (TPSA) is 96.5 Å². The number of thiazole rings is 1. The summed E-state index contributed by atoms with van der Waals surface area (Å²) in [5.41, 5.74) is 0.673. The van der Waals surface area contributed by atoms with Crippen molar-refractivity contribution in [1.29, 1.82) is 0 Å². The number of H-pyrrole nitrogens is 1. The molecular formula is C24H24N2O5S2. The Kier molecular flexibility index (Phi) is 4.52. The molecule has 2 aliphatic carbocycles. The highest BCUT2D eigenvalue weighted by atomic mass is 32.2. The molecule has 2 bridgehead atoms. The molecular weight excluding hydrogens is 460 g/mol. The first kappa shape index (κ1) is 21.2. The van der Waals surface area contributed by atoms with Crippen LogP contribution < -0.4 is 9.77 Å². The summed E-state index contributed by atoms with van der Waals surface area (Å²) < 4.78 is 5.02. The second-order valence-corrected chi connectivity index (χ2v) is 12.1. The second-order valence-electron chi connectivity index (χ2n) is 9.90. The number of amides is 2. The van der Waals surface area contributed by atoms with Gasteiger partial charge in [-0.25, -0.2) is 4.79 Å². The number of hydrogen-bond donors (Lipinski definition) is 1. The van der Waals surface area contributed by atoms with Gasteiger partial charge in [0.2, 0.25) is 11.8 Å². The molecule has 2 saturated carbocycles. The smallest absolute Gasteiger partial charge is 0.338 e. The van der Waals surface area contributed by atoms with E-state index in [1.807, 2.05) is 0 Å². The van der Waals surface area contributed by atoms with E-state index in [1.165, 1.54) is 16.2 Å². The summed E-state index contributed by atoms with van der Waals surface area (Å²) in [6.45, 7) is 6.38. The Bertz CT molecular complexity index is 1250. The Morgan fingerprint density at radius 1 is 1.12 bits per heavy atom. The Morgan fingerprint density at radius 2 is 1.79 bits per heavy atom. The zero-order valence-corrected chi connectivity index (χ0v) is 20.1. The number of nitrogens with one attached hydrogen (secondary N) is 1. The Balaban J connectivity index is 1.33. The number of benzene rings is 1. The van der Waals surface area contributed by atoms with Crippen molar-refractivity contribution < 1.29 is 19.1 Å². The highest BCUT2D eigenvalue weighted by Gasteiger charge is 2.70. The number of carbonyl (C=O) groups excluding carboxylic acids is 3. The fourth-order valence-electron chi connectivity index (χ4n) is 6.87. The van der Waals surface area contributed by atoms with Crippen molar-refractivity contribution >= 4 is 46.6 Å². The maximum atomic E-state index is 13.6. The molecule has 7 nitrogen and oxygen atoms in total. The lowest BCUT2D eigenvalue weighted by atomic mass is 9.64. The van der Waals surface area contributed by atoms with Gasteiger partial charge in [-0.15, -0.1) is 11.8 Å². The normalized spacial score (nSPS) is 33.1. The van der Waals surface area contributed by atoms with Crippen LogP contribution in [0.1, 0.15) is 42.4 Å². The van der Waals surface area contributed by atoms with Crippen LogP contribution >= 0.6 is 23.1 Å². The van der Waals surface area contributed by atoms with Crippen molar-refractivity contribution in [3.05, 3.63) is 44.4 Å². The second kappa shape index (κ2) is 7.06. The number of aromatic amines is 1. The van der Waals surface area contributed by atoms with E-state index in [-0.39, 0.29) is 63.5 Å². The van der Waals surface area contributed by atoms with Crippen LogP contribution in [0.25, 0.3) is 0 Å². The first-order valence-corrected chi connectivity index (χ1v) is 13.0. The van der Waals surface area contributed by atoms with E-state index in [0.29, 0.717) is 11.3 Å². The number of anilines is 1. The van der Waals surface area contributed by atoms with Crippen LogP contribution in [0.2, 0.25) is 0 Å². The SMILES string of the molecule is CCOC(=O)c1ccc(N2C(=O)[C@H]3[C@H]4C[C@@H]([C@@H]3C2=O)[C@@H]2[C@@H]4Sc3[nH]c(=O)sc3C2(C)C)cc1. The number of aromatic nitrogens is 1. The van der Waals surface area contributed by atoms with Gasteiger partial charge in [0.15, 0.2) is 0 Å². The zero-order valence-electron chi connectivity index (χ0n) is 18.5. The zero-order chi connectivity index (χ0) is 23.2. The molecule has 4 aliphatic rings. The number of thioether (sulfide) groups is 1. The molecule has 6 rings (SSSR count). The molecule has 0 radical (unpaired) electrons. The first-order valence-electron chi connectivity index (χ1n) is 11.3. The largest absolute Gasteiger partial charge is 0.462 e. The van der Waals surface area contributed by atoms with Gasteiger partial charge in [-0.3, -0.25) is 19.3 Å². The molecule has 2 aromatic rings. The third-order valence-corrected chi connectivity index (χ3v) is 10.8. The maximum absolute atomic E-state index is 13.6. The van der Waals surface area contributed by atoms with E-state index in [4.69, 9.17) is 4.74 Å². The molecule has 1 N–H and O–H groups in total. The Hall–Kier alpha value is -2.39. The van der Waals surface area contributed by atoms with Gasteiger partial charge in [-0.1, -0.05) is 25.2 Å². The van der Waals surface area contributed by atoms with Crippen molar-refractivity contribution in [3.63, 3.8) is 0 Å². The molecule has 3 heterocycles. The molecule has 1 aromatic carbocycles. The monoisotopic (exact) mass is 484 g/mol. The van der Waals surface area contributed by atoms with Gasteiger partial charge in [0.1, 0.15) is 0 Å². The van der Waals surface area contributed by atoms with E-state index in [9.17, 15) is 19.2 Å². The van der Waals surface area contributed by atoms with E-state index in [0.717, 1.165) is 16.3 Å². The predicted molar refractivity (Wildman–Crippen MR) is 125 cm³/mol. The molecule has 3 fully saturated rings. The Labute approximate surface area is 198 Å². The van der Waals surface area contributed by atoms with Gasteiger partial charge >= 0.3 is 10.8 Å². The molecule has 9 heteroatoms. The average molecular weight is 485 g/mol. The summed E-state index contributed by atoms with van der Waals surface area (Å²) in [6, 6.07) is 6.51. The maximum Gasteiger partial charge on any atom is 0.338 e. The summed E-state index contributed by atoms with van der Waals surface area (Å²) in [5, 5.41) is 1.15. The third kappa shape index (κ3) is 2.75. The quantitative estimate of drug-likeness (QED) is 0.530. The Morgan fingerprint density at radius 3 is 2.45 bits per heavy atom. The number of carbonyl (C=O) groups is 3. The number of fused-ring (bicyclic) bond motifs is 9. The van der Waals surface area contributed by atoms with Gasteiger partial charge in [-0.05, 0) is 55.4 Å². The minimum absolute atomic E-state index is 0.0438. The molecule has 1 saturated heterocycles. The molecule has 1 aromatic heterocycles. The minimum Gasteiger partial charge on any atom is -0.462 e. The third-order valence-electron chi connectivity index (χ3n) is 8.03. The lowest BCUT2D eigenvalue weighted by Crippen LogP contribution is -2.48. The fourth-order valence-corrected chi connectivity index (χ4v) is 10.0. The number of esters is 1. The summed E-state index contributed by atoms with van der Waals surface area (Å²) in [4.78, 5) is 56.5. The van der Waals surface area contributed by atoms with Crippen molar-refractivity contribution in [2.45, 2.75) is 42.9 Å². The lowest BCUT2D eigenvalue weighted by Gasteiger charge is -2.47. The first-order chi connectivity index (χ1) is 15.7. The summed E-state index contributed by atoms with van der Waals surface area (Å²) in [5.74, 6) is -0.836. The molecule has 172 valence electrons. The predicted octanol–water partition coefficient (Wildman–Crippen LogP) is 3.44. The van der Waals surface area contributed by atoms with Gasteiger partial charge in [-0.2, -0.15) is 0 Å². The number of hydrogen-bond acceptors (Lipinski definition) is 7. The van der Waals surface area contributed by atoms with Crippen molar-refractivity contribution in [1.82, 2.24) is 4.98 Å². The number of ether oxygens (including phenoxy) is 1. The molecule has 6 atom stereocenters. The van der Waals surface area contributed by atoms with Crippen molar-refractivity contribution in [2.24, 2.45) is 29.6 Å². The van der Waals surface area contributed by atoms with Gasteiger partial charge in [0.25, 0.3) is 0 Å². The highest BCUT2D eigenvalue weighted by Crippen LogP contribution is 2.69. The lowest BCUT2D eigenvalue weighted by molar-refractivity contribution is -0.123. The van der Waals surface area contributed by atoms with E-state index in [2.05, 4.69) is 18.8 Å². The van der Waals surface area contributed by atoms with Crippen LogP contribution in [-0.4, -0.2) is 34.6 Å². The molecule has 0 spiro atoms. The summed E-state index contributed by atoms with van der Waals surface area (Å²) in [6.07, 6.45) is 0.882. The van der Waals surface area contributed by atoms with Gasteiger partial charge < -0.3 is 9.72 Å². The van der Waals surface area contributed by atoms with E-state index in [1.54, 1.807) is 43.0 Å². The van der Waals surface area contributed by atoms with Gasteiger partial charge in [0, 0.05) is 15.5 Å². The molecule has 2 amide bonds. The van der Waals surface area contributed by atoms with Gasteiger partial charge in [0.05, 0.1) is 34.7 Å². The average Bonchev–Trinajstić information content (AvgIpc) is 3.50. The molecule has 0 unspecified atom stereocenters. The standard InChI is InChI=1S/C24H24N2O5S2/c1-4-31-22(29)10-5-7-11(8-6-10)26-20(27)14-12-9-13(15(14)21(26)28)17-16(12)24(2,3)18-19(32-17)25-23(30)33-18/h5-8,12-17H,4,9H2,1-3H3,(H,25,30)/t12-,13+,14-,15-,16+,17+/m0/s1. The van der Waals surface area contributed by atoms with Crippen LogP contribution in [-0.2, 0) is 19.7 Å². The van der Waals surface area contributed by atoms with Crippen LogP contribution in [0.15, 0.2) is 34.1 Å². The van der Waals surface area contributed by atoms with E-state index < -0.39 is 5.97 Å². The summed E-state index contributed by atoms with van der Waals surface area (Å²) >= 11 is 2.97. The summed E-state index contributed by atoms with van der Waals surface area (Å²) in [7, 11) is 0. The number of nitrogens with zero attached hydrogens (tertiary/aromatic N) is 1. The fraction of sp³-hybridized carbons (Fsp3) is 0.500.